The van der Waals surface area contributed by atoms with E-state index in [1.165, 1.54) is 18.3 Å². The van der Waals surface area contributed by atoms with Crippen LogP contribution in [-0.2, 0) is 12.8 Å². The van der Waals surface area contributed by atoms with Gasteiger partial charge in [0.1, 0.15) is 5.82 Å². The van der Waals surface area contributed by atoms with Gasteiger partial charge < -0.3 is 0 Å². The van der Waals surface area contributed by atoms with Crippen LogP contribution < -0.4 is 0 Å². The van der Waals surface area contributed by atoms with Gasteiger partial charge in [-0.1, -0.05) is 17.7 Å². The Kier molecular flexibility index (Phi) is 6.04. The summed E-state index contributed by atoms with van der Waals surface area (Å²) in [7, 11) is 0. The number of carbonyl (C=O) groups excluding carboxylic acids is 1. The van der Waals surface area contributed by atoms with E-state index >= 15 is 0 Å². The van der Waals surface area contributed by atoms with E-state index in [1.807, 2.05) is 25.3 Å². The molecular weight excluding hydrogens is 441 g/mol. The van der Waals surface area contributed by atoms with Crippen molar-refractivity contribution in [2.75, 3.05) is 0 Å². The lowest BCUT2D eigenvalue weighted by Gasteiger charge is -2.04. The number of benzene rings is 1. The van der Waals surface area contributed by atoms with Gasteiger partial charge in [0.25, 0.3) is 0 Å². The van der Waals surface area contributed by atoms with Crippen LogP contribution in [0.2, 0.25) is 5.02 Å². The molecule has 0 aliphatic rings. The number of rotatable bonds is 6. The Morgan fingerprint density at radius 3 is 2.67 bits per heavy atom. The standard InChI is InChI=1S/C22H17ClFN3OS2/c1-12-22(30-13(2)26-12)19-11-29-21(27-19)9-17-6-4-15(10-25-17)20(28)7-14-3-5-16(23)8-18(14)24/h3-6,8,10-11H,7,9H2,1-2H3. The van der Waals surface area contributed by atoms with Crippen LogP contribution in [0.25, 0.3) is 10.6 Å². The van der Waals surface area contributed by atoms with Crippen molar-refractivity contribution in [3.8, 4) is 10.6 Å². The van der Waals surface area contributed by atoms with Crippen LogP contribution in [0.4, 0.5) is 4.39 Å². The molecular formula is C22H17ClFN3OS2. The van der Waals surface area contributed by atoms with Crippen LogP contribution in [0.1, 0.15) is 37.3 Å². The van der Waals surface area contributed by atoms with Crippen molar-refractivity contribution in [2.24, 2.45) is 0 Å². The first kappa shape index (κ1) is 20.8. The number of hydrogen-bond acceptors (Lipinski definition) is 6. The van der Waals surface area contributed by atoms with Gasteiger partial charge in [0, 0.05) is 40.7 Å². The first-order valence-electron chi connectivity index (χ1n) is 9.20. The quantitative estimate of drug-likeness (QED) is 0.329. The van der Waals surface area contributed by atoms with Crippen LogP contribution in [0, 0.1) is 19.7 Å². The molecule has 4 aromatic rings. The lowest BCUT2D eigenvalue weighted by atomic mass is 10.0. The second-order valence-electron chi connectivity index (χ2n) is 6.82. The van der Waals surface area contributed by atoms with Gasteiger partial charge in [-0.2, -0.15) is 0 Å². The predicted molar refractivity (Wildman–Crippen MR) is 119 cm³/mol. The highest BCUT2D eigenvalue weighted by Gasteiger charge is 2.14. The molecule has 0 unspecified atom stereocenters. The van der Waals surface area contributed by atoms with Crippen LogP contribution >= 0.6 is 34.3 Å². The number of nitrogens with zero attached hydrogens (tertiary/aromatic N) is 3. The van der Waals surface area contributed by atoms with Gasteiger partial charge in [-0.15, -0.1) is 22.7 Å². The Morgan fingerprint density at radius 1 is 1.17 bits per heavy atom. The average Bonchev–Trinajstić information content (AvgIpc) is 3.30. The van der Waals surface area contributed by atoms with Crippen molar-refractivity contribution in [2.45, 2.75) is 26.7 Å². The SMILES string of the molecule is Cc1nc(C)c(-c2csc(Cc3ccc(C(=O)Cc4ccc(Cl)cc4F)cn3)n2)s1. The summed E-state index contributed by atoms with van der Waals surface area (Å²) < 4.78 is 13.9. The summed E-state index contributed by atoms with van der Waals surface area (Å²) in [6.45, 7) is 3.98. The molecule has 4 rings (SSSR count). The van der Waals surface area contributed by atoms with E-state index < -0.39 is 5.82 Å². The lowest BCUT2D eigenvalue weighted by molar-refractivity contribution is 0.0991. The summed E-state index contributed by atoms with van der Waals surface area (Å²) in [6, 6.07) is 7.86. The van der Waals surface area contributed by atoms with Crippen molar-refractivity contribution in [1.29, 1.82) is 0 Å². The molecule has 0 radical (unpaired) electrons. The Labute approximate surface area is 186 Å². The van der Waals surface area contributed by atoms with E-state index in [-0.39, 0.29) is 12.2 Å². The van der Waals surface area contributed by atoms with Crippen molar-refractivity contribution >= 4 is 40.1 Å². The maximum atomic E-state index is 13.9. The number of thiazole rings is 2. The van der Waals surface area contributed by atoms with Crippen LogP contribution in [0.15, 0.2) is 41.9 Å². The van der Waals surface area contributed by atoms with Gasteiger partial charge in [0.05, 0.1) is 26.3 Å². The third kappa shape index (κ3) is 4.64. The fraction of sp³-hybridized carbons (Fsp3) is 0.182. The normalized spacial score (nSPS) is 11.1. The number of aromatic nitrogens is 3. The third-order valence-corrected chi connectivity index (χ3v) is 6.71. The van der Waals surface area contributed by atoms with Crippen LogP contribution in [-0.4, -0.2) is 20.7 Å². The summed E-state index contributed by atoms with van der Waals surface area (Å²) in [5.74, 6) is -0.672. The topological polar surface area (TPSA) is 55.7 Å². The van der Waals surface area contributed by atoms with Gasteiger partial charge in [-0.05, 0) is 43.7 Å². The number of ketones is 1. The number of pyridine rings is 1. The maximum Gasteiger partial charge on any atom is 0.168 e. The summed E-state index contributed by atoms with van der Waals surface area (Å²) in [5, 5.41) is 4.32. The third-order valence-electron chi connectivity index (χ3n) is 4.53. The predicted octanol–water partition coefficient (Wildman–Crippen LogP) is 6.09. The molecule has 0 bridgehead atoms. The molecule has 3 aromatic heterocycles. The summed E-state index contributed by atoms with van der Waals surface area (Å²) in [5.41, 5.74) is 3.52. The Hall–Kier alpha value is -2.48. The molecule has 0 atom stereocenters. The minimum atomic E-state index is -0.480. The maximum absolute atomic E-state index is 13.9. The van der Waals surface area contributed by atoms with Gasteiger partial charge in [0.15, 0.2) is 5.78 Å². The monoisotopic (exact) mass is 457 g/mol. The highest BCUT2D eigenvalue weighted by Crippen LogP contribution is 2.31. The number of Topliss-reactive ketones (excluding diaryl/α,β-unsaturated/α-hetero) is 1. The summed E-state index contributed by atoms with van der Waals surface area (Å²) in [6.07, 6.45) is 2.09. The number of carbonyl (C=O) groups is 1. The van der Waals surface area contributed by atoms with Crippen molar-refractivity contribution in [1.82, 2.24) is 15.0 Å². The van der Waals surface area contributed by atoms with E-state index in [4.69, 9.17) is 16.6 Å². The van der Waals surface area contributed by atoms with Crippen molar-refractivity contribution in [3.05, 3.63) is 85.3 Å². The first-order valence-corrected chi connectivity index (χ1v) is 11.3. The smallest absolute Gasteiger partial charge is 0.168 e. The zero-order valence-electron chi connectivity index (χ0n) is 16.3. The van der Waals surface area contributed by atoms with Gasteiger partial charge in [0.2, 0.25) is 0 Å². The van der Waals surface area contributed by atoms with Gasteiger partial charge >= 0.3 is 0 Å². The van der Waals surface area contributed by atoms with Gasteiger partial charge in [-0.25, -0.2) is 14.4 Å². The molecule has 0 N–H and O–H groups in total. The van der Waals surface area contributed by atoms with Crippen molar-refractivity contribution in [3.63, 3.8) is 0 Å². The lowest BCUT2D eigenvalue weighted by Crippen LogP contribution is -2.06. The average molecular weight is 458 g/mol. The zero-order chi connectivity index (χ0) is 21.3. The molecule has 1 aromatic carbocycles. The Morgan fingerprint density at radius 2 is 2.00 bits per heavy atom. The second kappa shape index (κ2) is 8.71. The molecule has 30 heavy (non-hydrogen) atoms. The zero-order valence-corrected chi connectivity index (χ0v) is 18.7. The number of hydrogen-bond donors (Lipinski definition) is 0. The Bertz CT molecular complexity index is 1220. The molecule has 152 valence electrons. The number of aryl methyl sites for hydroxylation is 2. The highest BCUT2D eigenvalue weighted by atomic mass is 35.5. The van der Waals surface area contributed by atoms with E-state index in [9.17, 15) is 9.18 Å². The molecule has 3 heterocycles. The minimum Gasteiger partial charge on any atom is -0.294 e. The fourth-order valence-corrected chi connectivity index (χ4v) is 4.97. The second-order valence-corrected chi connectivity index (χ2v) is 9.41. The molecule has 0 fully saturated rings. The van der Waals surface area contributed by atoms with E-state index in [0.29, 0.717) is 22.6 Å². The molecule has 0 amide bonds. The number of halogens is 2. The molecule has 0 aliphatic heterocycles. The molecule has 8 heteroatoms. The summed E-state index contributed by atoms with van der Waals surface area (Å²) >= 11 is 8.98. The largest absolute Gasteiger partial charge is 0.294 e. The van der Waals surface area contributed by atoms with E-state index in [0.717, 1.165) is 32.0 Å². The van der Waals surface area contributed by atoms with Crippen molar-refractivity contribution < 1.29 is 9.18 Å². The molecule has 4 nitrogen and oxygen atoms in total. The summed E-state index contributed by atoms with van der Waals surface area (Å²) in [4.78, 5) is 27.1. The highest BCUT2D eigenvalue weighted by molar-refractivity contribution is 7.16. The van der Waals surface area contributed by atoms with E-state index in [1.54, 1.807) is 34.8 Å². The molecule has 0 saturated heterocycles. The first-order chi connectivity index (χ1) is 14.4. The van der Waals surface area contributed by atoms with E-state index in [2.05, 4.69) is 9.97 Å². The Balaban J connectivity index is 1.44. The van der Waals surface area contributed by atoms with Gasteiger partial charge in [-0.3, -0.25) is 9.78 Å². The molecule has 0 aliphatic carbocycles. The minimum absolute atomic E-state index is 0.0342. The van der Waals surface area contributed by atoms with Crippen LogP contribution in [0.3, 0.4) is 0 Å². The molecule has 0 saturated carbocycles. The molecule has 0 spiro atoms. The fourth-order valence-electron chi connectivity index (χ4n) is 3.05. The van der Waals surface area contributed by atoms with Crippen LogP contribution in [0.5, 0.6) is 0 Å².